The molecule has 0 aliphatic carbocycles. The van der Waals surface area contributed by atoms with Gasteiger partial charge >= 0.3 is 0 Å². The van der Waals surface area contributed by atoms with Crippen molar-refractivity contribution in [3.8, 4) is 5.75 Å². The molecule has 0 spiro atoms. The molecule has 2 aromatic carbocycles. The van der Waals surface area contributed by atoms with E-state index < -0.39 is 0 Å². The Morgan fingerprint density at radius 3 is 2.66 bits per heavy atom. The van der Waals surface area contributed by atoms with Crippen molar-refractivity contribution in [2.45, 2.75) is 45.3 Å². The van der Waals surface area contributed by atoms with Crippen molar-refractivity contribution in [3.63, 3.8) is 0 Å². The van der Waals surface area contributed by atoms with Crippen LogP contribution in [0.25, 0.3) is 0 Å². The van der Waals surface area contributed by atoms with Crippen molar-refractivity contribution in [2.24, 2.45) is 0 Å². The lowest BCUT2D eigenvalue weighted by Gasteiger charge is -2.21. The summed E-state index contributed by atoms with van der Waals surface area (Å²) in [4.78, 5) is 27.2. The molecule has 0 aromatic heterocycles. The molecular weight excluding hydrogens is 368 g/mol. The average Bonchev–Trinajstić information content (AvgIpc) is 3.37. The Morgan fingerprint density at radius 2 is 1.97 bits per heavy atom. The fourth-order valence-corrected chi connectivity index (χ4v) is 3.79. The van der Waals surface area contributed by atoms with Gasteiger partial charge in [0.2, 0.25) is 0 Å². The summed E-state index contributed by atoms with van der Waals surface area (Å²) in [5, 5.41) is 2.93. The number of fused-ring (bicyclic) bond motifs is 1. The number of nitrogens with zero attached hydrogens (tertiary/aromatic N) is 1. The van der Waals surface area contributed by atoms with Crippen LogP contribution in [0.4, 0.5) is 11.4 Å². The summed E-state index contributed by atoms with van der Waals surface area (Å²) in [6, 6.07) is 12.8. The first-order valence-corrected chi connectivity index (χ1v) is 10.2. The number of anilines is 2. The van der Waals surface area contributed by atoms with Gasteiger partial charge in [-0.05, 0) is 75.1 Å². The predicted octanol–water partition coefficient (Wildman–Crippen LogP) is 3.79. The standard InChI is InChI=1S/C23H26N2O4/c1-15(2)29-19-9-6-17(7-10-19)22(26)24-18-8-5-16-11-12-25(20(16)14-18)23(27)21-4-3-13-28-21/h5-10,14-15,21H,3-4,11-13H2,1-2H3,(H,24,26). The third kappa shape index (κ3) is 4.27. The number of hydrogen-bond donors (Lipinski definition) is 1. The van der Waals surface area contributed by atoms with Crippen LogP contribution in [-0.4, -0.2) is 37.2 Å². The van der Waals surface area contributed by atoms with Crippen LogP contribution >= 0.6 is 0 Å². The first-order valence-electron chi connectivity index (χ1n) is 10.2. The van der Waals surface area contributed by atoms with Crippen LogP contribution in [0.2, 0.25) is 0 Å². The lowest BCUT2D eigenvalue weighted by atomic mass is 10.1. The van der Waals surface area contributed by atoms with Crippen molar-refractivity contribution >= 4 is 23.2 Å². The number of amides is 2. The molecule has 4 rings (SSSR count). The monoisotopic (exact) mass is 394 g/mol. The van der Waals surface area contributed by atoms with Gasteiger partial charge in [0.05, 0.1) is 6.10 Å². The van der Waals surface area contributed by atoms with Crippen LogP contribution in [0.1, 0.15) is 42.6 Å². The molecule has 152 valence electrons. The quantitative estimate of drug-likeness (QED) is 0.838. The third-order valence-corrected chi connectivity index (χ3v) is 5.20. The lowest BCUT2D eigenvalue weighted by Crippen LogP contribution is -2.37. The number of hydrogen-bond acceptors (Lipinski definition) is 4. The van der Waals surface area contributed by atoms with Gasteiger partial charge in [-0.3, -0.25) is 9.59 Å². The molecule has 1 N–H and O–H groups in total. The number of carbonyl (C=O) groups excluding carboxylic acids is 2. The van der Waals surface area contributed by atoms with E-state index in [1.54, 1.807) is 29.2 Å². The van der Waals surface area contributed by atoms with Gasteiger partial charge in [0, 0.05) is 30.1 Å². The van der Waals surface area contributed by atoms with Crippen LogP contribution in [-0.2, 0) is 16.0 Å². The van der Waals surface area contributed by atoms with Gasteiger partial charge in [-0.1, -0.05) is 6.07 Å². The average molecular weight is 394 g/mol. The maximum Gasteiger partial charge on any atom is 0.256 e. The largest absolute Gasteiger partial charge is 0.491 e. The van der Waals surface area contributed by atoms with E-state index >= 15 is 0 Å². The Morgan fingerprint density at radius 1 is 1.17 bits per heavy atom. The Bertz CT molecular complexity index is 902. The minimum Gasteiger partial charge on any atom is -0.491 e. The van der Waals surface area contributed by atoms with Gasteiger partial charge in [-0.15, -0.1) is 0 Å². The van der Waals surface area contributed by atoms with Crippen molar-refractivity contribution in [1.29, 1.82) is 0 Å². The Kier molecular flexibility index (Phi) is 5.53. The SMILES string of the molecule is CC(C)Oc1ccc(C(=O)Nc2ccc3c(c2)N(C(=O)C2CCCO2)CC3)cc1. The van der Waals surface area contributed by atoms with Crippen molar-refractivity contribution in [1.82, 2.24) is 0 Å². The molecule has 1 unspecified atom stereocenters. The van der Waals surface area contributed by atoms with E-state index in [0.29, 0.717) is 24.4 Å². The predicted molar refractivity (Wildman–Crippen MR) is 112 cm³/mol. The zero-order valence-corrected chi connectivity index (χ0v) is 16.8. The lowest BCUT2D eigenvalue weighted by molar-refractivity contribution is -0.127. The molecule has 2 aromatic rings. The summed E-state index contributed by atoms with van der Waals surface area (Å²) < 4.78 is 11.2. The molecular formula is C23H26N2O4. The van der Waals surface area contributed by atoms with Crippen LogP contribution < -0.4 is 15.0 Å². The van der Waals surface area contributed by atoms with E-state index in [9.17, 15) is 9.59 Å². The van der Waals surface area contributed by atoms with Gasteiger partial charge in [-0.2, -0.15) is 0 Å². The third-order valence-electron chi connectivity index (χ3n) is 5.20. The Labute approximate surface area is 170 Å². The van der Waals surface area contributed by atoms with E-state index in [1.165, 1.54) is 0 Å². The summed E-state index contributed by atoms with van der Waals surface area (Å²) in [6.45, 7) is 5.22. The molecule has 6 heteroatoms. The molecule has 0 radical (unpaired) electrons. The molecule has 2 aliphatic heterocycles. The fraction of sp³-hybridized carbons (Fsp3) is 0.391. The normalized spacial score (nSPS) is 18.0. The molecule has 6 nitrogen and oxygen atoms in total. The van der Waals surface area contributed by atoms with Crippen LogP contribution in [0, 0.1) is 0 Å². The van der Waals surface area contributed by atoms with Gasteiger partial charge in [0.1, 0.15) is 11.9 Å². The van der Waals surface area contributed by atoms with Crippen LogP contribution in [0.15, 0.2) is 42.5 Å². The second kappa shape index (κ2) is 8.25. The highest BCUT2D eigenvalue weighted by Gasteiger charge is 2.32. The van der Waals surface area contributed by atoms with E-state index in [2.05, 4.69) is 5.32 Å². The summed E-state index contributed by atoms with van der Waals surface area (Å²) in [5.41, 5.74) is 3.20. The highest BCUT2D eigenvalue weighted by molar-refractivity contribution is 6.05. The molecule has 1 saturated heterocycles. The number of carbonyl (C=O) groups is 2. The molecule has 29 heavy (non-hydrogen) atoms. The fourth-order valence-electron chi connectivity index (χ4n) is 3.79. The van der Waals surface area contributed by atoms with Crippen LogP contribution in [0.5, 0.6) is 5.75 Å². The minimum absolute atomic E-state index is 0.0190. The highest BCUT2D eigenvalue weighted by Crippen LogP contribution is 2.32. The van der Waals surface area contributed by atoms with E-state index in [0.717, 1.165) is 36.3 Å². The van der Waals surface area contributed by atoms with Gasteiger partial charge in [0.15, 0.2) is 0 Å². The number of rotatable bonds is 5. The van der Waals surface area contributed by atoms with Crippen molar-refractivity contribution in [2.75, 3.05) is 23.4 Å². The summed E-state index contributed by atoms with van der Waals surface area (Å²) in [6.07, 6.45) is 2.26. The second-order valence-electron chi connectivity index (χ2n) is 7.73. The van der Waals surface area contributed by atoms with E-state index in [1.807, 2.05) is 32.0 Å². The molecule has 1 fully saturated rings. The Hall–Kier alpha value is -2.86. The van der Waals surface area contributed by atoms with E-state index in [4.69, 9.17) is 9.47 Å². The van der Waals surface area contributed by atoms with E-state index in [-0.39, 0.29) is 24.0 Å². The topological polar surface area (TPSA) is 67.9 Å². The van der Waals surface area contributed by atoms with Crippen LogP contribution in [0.3, 0.4) is 0 Å². The molecule has 0 bridgehead atoms. The molecule has 2 aliphatic rings. The Balaban J connectivity index is 1.47. The van der Waals surface area contributed by atoms with Gasteiger partial charge in [0.25, 0.3) is 11.8 Å². The van der Waals surface area contributed by atoms with Gasteiger partial charge in [-0.25, -0.2) is 0 Å². The first-order chi connectivity index (χ1) is 14.0. The molecule has 1 atom stereocenters. The molecule has 0 saturated carbocycles. The highest BCUT2D eigenvalue weighted by atomic mass is 16.5. The van der Waals surface area contributed by atoms with Crippen molar-refractivity contribution in [3.05, 3.63) is 53.6 Å². The smallest absolute Gasteiger partial charge is 0.256 e. The molecule has 2 heterocycles. The summed E-state index contributed by atoms with van der Waals surface area (Å²) in [5.74, 6) is 0.555. The summed E-state index contributed by atoms with van der Waals surface area (Å²) in [7, 11) is 0. The number of nitrogens with one attached hydrogen (secondary N) is 1. The summed E-state index contributed by atoms with van der Waals surface area (Å²) >= 11 is 0. The number of ether oxygens (including phenoxy) is 2. The minimum atomic E-state index is -0.342. The zero-order chi connectivity index (χ0) is 20.4. The maximum absolute atomic E-state index is 12.8. The zero-order valence-electron chi connectivity index (χ0n) is 16.8. The second-order valence-corrected chi connectivity index (χ2v) is 7.73. The maximum atomic E-state index is 12.8. The van der Waals surface area contributed by atoms with Gasteiger partial charge < -0.3 is 19.7 Å². The number of benzene rings is 2. The van der Waals surface area contributed by atoms with Crippen molar-refractivity contribution < 1.29 is 19.1 Å². The molecule has 2 amide bonds. The first kappa shape index (κ1) is 19.5.